The minimum absolute atomic E-state index is 0.269. The molecule has 11 heteroatoms. The summed E-state index contributed by atoms with van der Waals surface area (Å²) in [5, 5.41) is 1.75. The summed E-state index contributed by atoms with van der Waals surface area (Å²) in [7, 11) is 0. The molecule has 2 aliphatic rings. The van der Waals surface area contributed by atoms with Gasteiger partial charge in [0.15, 0.2) is 0 Å². The van der Waals surface area contributed by atoms with Crippen LogP contribution in [0.3, 0.4) is 0 Å². The predicted octanol–water partition coefficient (Wildman–Crippen LogP) is 5.09. The minimum Gasteiger partial charge on any atom is -0.268 e. The lowest BCUT2D eigenvalue weighted by atomic mass is 10.1. The van der Waals surface area contributed by atoms with E-state index in [0.29, 0.717) is 37.6 Å². The van der Waals surface area contributed by atoms with Crippen molar-refractivity contribution < 1.29 is 19.2 Å². The maximum Gasteiger partial charge on any atom is 0.266 e. The first kappa shape index (κ1) is 23.2. The number of benzene rings is 2. The number of carbonyl (C=O) groups is 4. The van der Waals surface area contributed by atoms with Crippen LogP contribution in [0.25, 0.3) is 0 Å². The number of nitrogens with zero attached hydrogens (tertiary/aromatic N) is 4. The molecular weight excluding hydrogens is 552 g/mol. The first-order valence-corrected chi connectivity index (χ1v) is 13.0. The van der Waals surface area contributed by atoms with Crippen LogP contribution in [-0.4, -0.2) is 32.4 Å². The van der Waals surface area contributed by atoms with Crippen LogP contribution in [0, 0.1) is 6.92 Å². The number of amides is 4. The van der Waals surface area contributed by atoms with Gasteiger partial charge in [0.25, 0.3) is 23.6 Å². The zero-order chi connectivity index (χ0) is 24.7. The molecule has 0 radical (unpaired) electrons. The topological polar surface area (TPSA) is 101 Å². The molecule has 0 saturated carbocycles. The quantitative estimate of drug-likeness (QED) is 0.253. The Kier molecular flexibility index (Phi) is 6.13. The van der Waals surface area contributed by atoms with E-state index < -0.39 is 0 Å². The summed E-state index contributed by atoms with van der Waals surface area (Å²) in [6.07, 6.45) is 0. The normalized spacial score (nSPS) is 14.2. The predicted molar refractivity (Wildman–Crippen MR) is 137 cm³/mol. The highest BCUT2D eigenvalue weighted by Gasteiger charge is 2.38. The molecule has 0 unspecified atom stereocenters. The number of aromatic nitrogens is 2. The molecule has 8 nitrogen and oxygen atoms in total. The fourth-order valence-electron chi connectivity index (χ4n) is 3.70. The van der Waals surface area contributed by atoms with Gasteiger partial charge in [-0.2, -0.15) is 8.75 Å². The fourth-order valence-corrected chi connectivity index (χ4v) is 5.68. The van der Waals surface area contributed by atoms with Crippen molar-refractivity contribution in [2.24, 2.45) is 0 Å². The van der Waals surface area contributed by atoms with Crippen LogP contribution in [0.1, 0.15) is 52.8 Å². The van der Waals surface area contributed by atoms with E-state index in [2.05, 4.69) is 24.7 Å². The molecule has 2 aromatic carbocycles. The van der Waals surface area contributed by atoms with E-state index in [4.69, 9.17) is 0 Å². The van der Waals surface area contributed by atoms with Gasteiger partial charge in [-0.3, -0.25) is 19.2 Å². The number of rotatable bonds is 3. The zero-order valence-electron chi connectivity index (χ0n) is 18.1. The zero-order valence-corrected chi connectivity index (χ0v) is 21.3. The first-order chi connectivity index (χ1) is 16.9. The van der Waals surface area contributed by atoms with Crippen LogP contribution in [0.2, 0.25) is 0 Å². The first-order valence-electron chi connectivity index (χ1n) is 10.3. The maximum absolute atomic E-state index is 12.2. The molecule has 0 spiro atoms. The molecule has 0 bridgehead atoms. The van der Waals surface area contributed by atoms with Gasteiger partial charge in [-0.1, -0.05) is 40.2 Å². The van der Waals surface area contributed by atoms with Crippen LogP contribution in [0.15, 0.2) is 60.7 Å². The Morgan fingerprint density at radius 1 is 0.686 bits per heavy atom. The molecule has 0 atom stereocenters. The Hall–Kier alpha value is -3.54. The summed E-state index contributed by atoms with van der Waals surface area (Å²) in [4.78, 5) is 50.9. The highest BCUT2D eigenvalue weighted by atomic mass is 79.9. The lowest BCUT2D eigenvalue weighted by Gasteiger charge is -2.09. The summed E-state index contributed by atoms with van der Waals surface area (Å²) < 4.78 is 8.25. The van der Waals surface area contributed by atoms with Crippen LogP contribution in [0.5, 0.6) is 0 Å². The molecule has 0 aliphatic carbocycles. The molecule has 4 aromatic rings. The van der Waals surface area contributed by atoms with Crippen molar-refractivity contribution in [3.05, 3.63) is 94.3 Å². The number of carbonyl (C=O) groups excluding carboxylic acids is 4. The average molecular weight is 567 g/mol. The average Bonchev–Trinajstić information content (AvgIpc) is 3.62. The van der Waals surface area contributed by atoms with Crippen LogP contribution >= 0.6 is 39.0 Å². The molecule has 0 saturated heterocycles. The second-order valence-electron chi connectivity index (χ2n) is 7.58. The molecule has 0 N–H and O–H groups in total. The Balaban J connectivity index is 0.000000145. The van der Waals surface area contributed by atoms with Crippen molar-refractivity contribution in [3.8, 4) is 0 Å². The molecule has 4 amide bonds. The molecule has 174 valence electrons. The number of hydrogen-bond acceptors (Lipinski definition) is 8. The lowest BCUT2D eigenvalue weighted by Crippen LogP contribution is -2.28. The molecule has 2 aromatic heterocycles. The number of anilines is 2. The van der Waals surface area contributed by atoms with E-state index in [0.717, 1.165) is 34.5 Å². The second-order valence-corrected chi connectivity index (χ2v) is 9.71. The van der Waals surface area contributed by atoms with E-state index in [1.54, 1.807) is 60.7 Å². The number of fused-ring (bicyclic) bond motifs is 2. The fraction of sp³-hybridized carbons (Fsp3) is 0.0833. The minimum atomic E-state index is -0.277. The smallest absolute Gasteiger partial charge is 0.266 e. The third kappa shape index (κ3) is 4.01. The van der Waals surface area contributed by atoms with Gasteiger partial charge in [-0.05, 0) is 66.4 Å². The van der Waals surface area contributed by atoms with Gasteiger partial charge in [0.2, 0.25) is 0 Å². The molecule has 2 aliphatic heterocycles. The number of hydrogen-bond donors (Lipinski definition) is 0. The Morgan fingerprint density at radius 3 is 1.43 bits per heavy atom. The SMILES string of the molecule is Cc1cc(N2C(=O)c3ccccc3C2=O)sn1.O=C1c2ccccc2C(=O)N1c1cc(CBr)ns1. The molecule has 6 rings (SSSR count). The van der Waals surface area contributed by atoms with Crippen LogP contribution < -0.4 is 9.80 Å². The molecule has 4 heterocycles. The Bertz CT molecular complexity index is 1440. The van der Waals surface area contributed by atoms with Gasteiger partial charge >= 0.3 is 0 Å². The molecule has 35 heavy (non-hydrogen) atoms. The van der Waals surface area contributed by atoms with Gasteiger partial charge in [0, 0.05) is 5.33 Å². The summed E-state index contributed by atoms with van der Waals surface area (Å²) in [5.41, 5.74) is 3.45. The largest absolute Gasteiger partial charge is 0.268 e. The highest BCUT2D eigenvalue weighted by Crippen LogP contribution is 2.32. The number of imide groups is 2. The highest BCUT2D eigenvalue weighted by molar-refractivity contribution is 9.08. The van der Waals surface area contributed by atoms with Crippen molar-refractivity contribution in [2.45, 2.75) is 12.3 Å². The number of aryl methyl sites for hydroxylation is 1. The Morgan fingerprint density at radius 2 is 1.09 bits per heavy atom. The van der Waals surface area contributed by atoms with E-state index in [1.165, 1.54) is 9.80 Å². The van der Waals surface area contributed by atoms with Crippen molar-refractivity contribution >= 4 is 72.6 Å². The van der Waals surface area contributed by atoms with Gasteiger partial charge in [-0.25, -0.2) is 9.80 Å². The van der Waals surface area contributed by atoms with Crippen molar-refractivity contribution in [2.75, 3.05) is 9.80 Å². The van der Waals surface area contributed by atoms with Crippen LogP contribution in [0.4, 0.5) is 10.0 Å². The third-order valence-electron chi connectivity index (χ3n) is 5.33. The van der Waals surface area contributed by atoms with Crippen molar-refractivity contribution in [1.29, 1.82) is 0 Å². The van der Waals surface area contributed by atoms with Gasteiger partial charge < -0.3 is 0 Å². The third-order valence-corrected chi connectivity index (χ3v) is 7.58. The summed E-state index contributed by atoms with van der Waals surface area (Å²) in [6, 6.07) is 17.2. The van der Waals surface area contributed by atoms with Gasteiger partial charge in [-0.15, -0.1) is 0 Å². The summed E-state index contributed by atoms with van der Waals surface area (Å²) in [5.74, 6) is -1.09. The summed E-state index contributed by atoms with van der Waals surface area (Å²) in [6.45, 7) is 1.83. The lowest BCUT2D eigenvalue weighted by molar-refractivity contribution is 0.0911. The second kappa shape index (κ2) is 9.25. The standard InChI is InChI=1S/C12H7BrN2O2S.C12H8N2O2S/c13-6-7-5-10(18-14-7)15-11(16)8-3-1-2-4-9(8)12(15)17;1-7-6-10(17-13-7)14-11(15)8-4-2-3-5-9(8)12(14)16/h1-5H,6H2;2-6H,1H3. The molecular formula is C24H15BrN4O4S2. The van der Waals surface area contributed by atoms with Gasteiger partial charge in [0.1, 0.15) is 10.0 Å². The number of alkyl halides is 1. The Labute approximate surface area is 216 Å². The van der Waals surface area contributed by atoms with E-state index >= 15 is 0 Å². The van der Waals surface area contributed by atoms with E-state index in [-0.39, 0.29) is 23.6 Å². The van der Waals surface area contributed by atoms with Crippen molar-refractivity contribution in [1.82, 2.24) is 8.75 Å². The molecule has 0 fully saturated rings. The maximum atomic E-state index is 12.2. The monoisotopic (exact) mass is 566 g/mol. The van der Waals surface area contributed by atoms with Gasteiger partial charge in [0.05, 0.1) is 33.6 Å². The number of halogens is 1. The van der Waals surface area contributed by atoms with E-state index in [1.807, 2.05) is 6.92 Å². The summed E-state index contributed by atoms with van der Waals surface area (Å²) >= 11 is 5.61. The van der Waals surface area contributed by atoms with E-state index in [9.17, 15) is 19.2 Å². The van der Waals surface area contributed by atoms with Crippen LogP contribution in [-0.2, 0) is 5.33 Å². The van der Waals surface area contributed by atoms with Crippen molar-refractivity contribution in [3.63, 3.8) is 0 Å².